The van der Waals surface area contributed by atoms with Crippen molar-refractivity contribution in [3.63, 3.8) is 0 Å². The van der Waals surface area contributed by atoms with E-state index in [9.17, 15) is 14.4 Å². The molecule has 0 atom stereocenters. The number of halogens is 1. The van der Waals surface area contributed by atoms with Gasteiger partial charge in [-0.1, -0.05) is 0 Å². The first-order valence-electron chi connectivity index (χ1n) is 5.08. The van der Waals surface area contributed by atoms with E-state index >= 15 is 0 Å². The maximum absolute atomic E-state index is 14.0. The molecule has 0 radical (unpaired) electrons. The highest BCUT2D eigenvalue weighted by Gasteiger charge is 2.21. The zero-order valence-corrected chi connectivity index (χ0v) is 9.81. The Hall–Kier alpha value is -2.37. The van der Waals surface area contributed by atoms with Gasteiger partial charge in [0.1, 0.15) is 17.0 Å². The average Bonchev–Trinajstić information content (AvgIpc) is 2.38. The van der Waals surface area contributed by atoms with Gasteiger partial charge in [0.15, 0.2) is 0 Å². The number of benzene rings is 1. The van der Waals surface area contributed by atoms with Crippen LogP contribution in [0.4, 0.5) is 4.39 Å². The molecule has 0 bridgehead atoms. The van der Waals surface area contributed by atoms with Gasteiger partial charge in [0.05, 0.1) is 19.8 Å². The summed E-state index contributed by atoms with van der Waals surface area (Å²) in [7, 11) is 2.59. The summed E-state index contributed by atoms with van der Waals surface area (Å²) in [6.45, 7) is 0. The molecule has 1 N–H and O–H groups in total. The molecule has 0 spiro atoms. The molecule has 5 nitrogen and oxygen atoms in total. The minimum Gasteiger partial charge on any atom is -0.496 e. The normalized spacial score (nSPS) is 10.4. The van der Waals surface area contributed by atoms with Gasteiger partial charge in [0.25, 0.3) is 5.52 Å². The van der Waals surface area contributed by atoms with Gasteiger partial charge in [-0.2, -0.15) is 0 Å². The molecule has 0 aliphatic heterocycles. The molecule has 0 saturated heterocycles. The summed E-state index contributed by atoms with van der Waals surface area (Å²) < 4.78 is 24.2. The molecular weight excluding hydrogens is 241 g/mol. The fourth-order valence-electron chi connectivity index (χ4n) is 1.72. The third-order valence-corrected chi connectivity index (χ3v) is 2.57. The summed E-state index contributed by atoms with van der Waals surface area (Å²) >= 11 is 0. The van der Waals surface area contributed by atoms with Crippen LogP contribution in [0.25, 0.3) is 10.9 Å². The predicted octanol–water partition coefficient (Wildman–Crippen LogP) is 1.30. The van der Waals surface area contributed by atoms with Crippen LogP contribution < -0.4 is 9.47 Å². The van der Waals surface area contributed by atoms with Crippen molar-refractivity contribution in [3.8, 4) is 5.75 Å². The fourth-order valence-corrected chi connectivity index (χ4v) is 1.72. The molecule has 1 aromatic heterocycles. The lowest BCUT2D eigenvalue weighted by atomic mass is 10.1. The quantitative estimate of drug-likeness (QED) is 0.497. The number of esters is 1. The van der Waals surface area contributed by atoms with Crippen LogP contribution in [0.5, 0.6) is 5.75 Å². The van der Waals surface area contributed by atoms with E-state index in [0.29, 0.717) is 4.73 Å². The lowest BCUT2D eigenvalue weighted by molar-refractivity contribution is -0.884. The number of rotatable bonds is 2. The number of methoxy groups -OCH3 is 2. The summed E-state index contributed by atoms with van der Waals surface area (Å²) in [5.41, 5.74) is 0.133. The Morgan fingerprint density at radius 2 is 2.11 bits per heavy atom. The van der Waals surface area contributed by atoms with Crippen molar-refractivity contribution >= 4 is 16.9 Å². The van der Waals surface area contributed by atoms with Crippen molar-refractivity contribution < 1.29 is 28.6 Å². The molecule has 1 aromatic carbocycles. The van der Waals surface area contributed by atoms with Crippen LogP contribution in [0, 0.1) is 5.82 Å². The van der Waals surface area contributed by atoms with Crippen molar-refractivity contribution in [1.29, 1.82) is 0 Å². The molecule has 0 amide bonds. The first-order chi connectivity index (χ1) is 8.58. The van der Waals surface area contributed by atoms with Crippen LogP contribution in [0.1, 0.15) is 10.4 Å². The number of nitrogens with zero attached hydrogens (tertiary/aromatic N) is 1. The van der Waals surface area contributed by atoms with Gasteiger partial charge in [-0.3, -0.25) is 5.21 Å². The smallest absolute Gasteiger partial charge is 0.338 e. The number of hydrogen-bond acceptors (Lipinski definition) is 4. The highest BCUT2D eigenvalue weighted by Crippen LogP contribution is 2.26. The van der Waals surface area contributed by atoms with Crippen molar-refractivity contribution in [1.82, 2.24) is 0 Å². The van der Waals surface area contributed by atoms with E-state index in [1.54, 1.807) is 0 Å². The van der Waals surface area contributed by atoms with Crippen LogP contribution >= 0.6 is 0 Å². The second kappa shape index (κ2) is 4.48. The van der Waals surface area contributed by atoms with E-state index in [1.165, 1.54) is 32.5 Å². The molecule has 1 heterocycles. The van der Waals surface area contributed by atoms with Crippen molar-refractivity contribution in [2.45, 2.75) is 0 Å². The summed E-state index contributed by atoms with van der Waals surface area (Å²) in [6.07, 6.45) is 1.29. The number of hydrogen-bond donors (Lipinski definition) is 1. The molecule has 2 aromatic rings. The standard InChI is InChI=1S/C12H11FNO4/c1-17-10-3-4-14(16)9-6-7(12(15)18-2)5-8(13)11(9)10/h3-6,16H,1-2H3/q+1. The second-order valence-corrected chi connectivity index (χ2v) is 3.57. The number of pyridine rings is 1. The van der Waals surface area contributed by atoms with E-state index in [2.05, 4.69) is 4.74 Å². The van der Waals surface area contributed by atoms with E-state index in [0.717, 1.165) is 6.07 Å². The molecule has 0 unspecified atom stereocenters. The third-order valence-electron chi connectivity index (χ3n) is 2.57. The monoisotopic (exact) mass is 252 g/mol. The lowest BCUT2D eigenvalue weighted by Crippen LogP contribution is -2.30. The second-order valence-electron chi connectivity index (χ2n) is 3.57. The van der Waals surface area contributed by atoms with Gasteiger partial charge in [0.2, 0.25) is 6.20 Å². The Kier molecular flexibility index (Phi) is 3.01. The number of carbonyl (C=O) groups is 1. The van der Waals surface area contributed by atoms with Gasteiger partial charge in [-0.15, -0.1) is 0 Å². The predicted molar refractivity (Wildman–Crippen MR) is 59.2 cm³/mol. The van der Waals surface area contributed by atoms with E-state index in [1.807, 2.05) is 0 Å². The van der Waals surface area contributed by atoms with Crippen LogP contribution in [0.3, 0.4) is 0 Å². The van der Waals surface area contributed by atoms with Crippen LogP contribution in [0.15, 0.2) is 24.4 Å². The van der Waals surface area contributed by atoms with Gasteiger partial charge in [-0.25, -0.2) is 9.18 Å². The Bertz CT molecular complexity index is 627. The summed E-state index contributed by atoms with van der Waals surface area (Å²) in [5.74, 6) is -1.09. The largest absolute Gasteiger partial charge is 0.496 e. The molecule has 94 valence electrons. The van der Waals surface area contributed by atoms with Gasteiger partial charge in [-0.05, 0) is 6.07 Å². The van der Waals surface area contributed by atoms with Crippen LogP contribution in [-0.4, -0.2) is 25.4 Å². The number of ether oxygens (including phenoxy) is 2. The van der Waals surface area contributed by atoms with Crippen LogP contribution in [-0.2, 0) is 4.74 Å². The number of carbonyl (C=O) groups excluding carboxylic acids is 1. The minimum atomic E-state index is -0.682. The molecule has 6 heteroatoms. The Morgan fingerprint density at radius 3 is 2.72 bits per heavy atom. The molecule has 0 saturated carbocycles. The molecular formula is C12H11FNO4+. The van der Waals surface area contributed by atoms with Gasteiger partial charge in [0, 0.05) is 16.9 Å². The van der Waals surface area contributed by atoms with Gasteiger partial charge >= 0.3 is 5.97 Å². The van der Waals surface area contributed by atoms with Crippen LogP contribution in [0.2, 0.25) is 0 Å². The summed E-state index contributed by atoms with van der Waals surface area (Å²) in [4.78, 5) is 11.4. The zero-order chi connectivity index (χ0) is 13.3. The van der Waals surface area contributed by atoms with Gasteiger partial charge < -0.3 is 9.47 Å². The Morgan fingerprint density at radius 1 is 1.39 bits per heavy atom. The molecule has 0 aliphatic rings. The Balaban J connectivity index is 2.80. The highest BCUT2D eigenvalue weighted by molar-refractivity contribution is 5.95. The maximum Gasteiger partial charge on any atom is 0.338 e. The SMILES string of the molecule is COC(=O)c1cc(F)c2c(OC)cc[n+](O)c2c1. The van der Waals surface area contributed by atoms with E-state index < -0.39 is 11.8 Å². The lowest BCUT2D eigenvalue weighted by Gasteiger charge is -2.05. The first-order valence-corrected chi connectivity index (χ1v) is 5.08. The Labute approximate surface area is 102 Å². The summed E-state index contributed by atoms with van der Waals surface area (Å²) in [6, 6.07) is 3.78. The molecule has 0 aliphatic carbocycles. The van der Waals surface area contributed by atoms with Crippen molar-refractivity contribution in [3.05, 3.63) is 35.8 Å². The van der Waals surface area contributed by atoms with E-state index in [4.69, 9.17) is 4.74 Å². The number of fused-ring (bicyclic) bond motifs is 1. The molecule has 2 rings (SSSR count). The molecule has 18 heavy (non-hydrogen) atoms. The number of aromatic nitrogens is 1. The fraction of sp³-hybridized carbons (Fsp3) is 0.167. The third kappa shape index (κ3) is 1.81. The van der Waals surface area contributed by atoms with Crippen molar-refractivity contribution in [2.24, 2.45) is 0 Å². The molecule has 0 fully saturated rings. The average molecular weight is 252 g/mol. The zero-order valence-electron chi connectivity index (χ0n) is 9.81. The van der Waals surface area contributed by atoms with E-state index in [-0.39, 0.29) is 22.2 Å². The van der Waals surface area contributed by atoms with Crippen molar-refractivity contribution in [2.75, 3.05) is 14.2 Å². The first kappa shape index (κ1) is 12.1. The topological polar surface area (TPSA) is 59.6 Å². The maximum atomic E-state index is 14.0. The minimum absolute atomic E-state index is 0.0125. The summed E-state index contributed by atoms with van der Waals surface area (Å²) in [5, 5.41) is 9.73. The highest BCUT2D eigenvalue weighted by atomic mass is 19.1.